The number of hydrogen-bond acceptors (Lipinski definition) is 2. The van der Waals surface area contributed by atoms with Crippen LogP contribution in [0, 0.1) is 0 Å². The van der Waals surface area contributed by atoms with Gasteiger partial charge >= 0.3 is 0 Å². The number of H-pyrrole nitrogens is 1. The Morgan fingerprint density at radius 2 is 2.00 bits per heavy atom. The molecule has 4 heteroatoms. The number of aliphatic hydroxyl groups is 1. The van der Waals surface area contributed by atoms with Crippen LogP contribution in [0.25, 0.3) is 22.2 Å². The zero-order chi connectivity index (χ0) is 16.0. The maximum absolute atomic E-state index is 9.30. The molecule has 23 heavy (non-hydrogen) atoms. The molecular formula is C19H19ClN2O. The lowest BCUT2D eigenvalue weighted by Gasteiger charge is -2.38. The lowest BCUT2D eigenvalue weighted by atomic mass is 9.80. The van der Waals surface area contributed by atoms with Crippen LogP contribution >= 0.6 is 11.6 Å². The van der Waals surface area contributed by atoms with Crippen molar-refractivity contribution >= 4 is 28.2 Å². The molecule has 4 rings (SSSR count). The van der Waals surface area contributed by atoms with Gasteiger partial charge in [0.2, 0.25) is 0 Å². The second kappa shape index (κ2) is 5.29. The topological polar surface area (TPSA) is 48.0 Å². The Kier molecular flexibility index (Phi) is 3.36. The fourth-order valence-electron chi connectivity index (χ4n) is 3.73. The first-order valence-corrected chi connectivity index (χ1v) is 8.30. The number of aromatic amines is 1. The monoisotopic (exact) mass is 326 g/mol. The maximum Gasteiger partial charge on any atom is 0.0625 e. The van der Waals surface area contributed by atoms with Crippen molar-refractivity contribution in [3.63, 3.8) is 0 Å². The van der Waals surface area contributed by atoms with Crippen LogP contribution in [0.15, 0.2) is 42.5 Å². The zero-order valence-electron chi connectivity index (χ0n) is 13.0. The van der Waals surface area contributed by atoms with Crippen molar-refractivity contribution < 1.29 is 5.11 Å². The molecule has 0 amide bonds. The van der Waals surface area contributed by atoms with E-state index < -0.39 is 0 Å². The predicted octanol–water partition coefficient (Wildman–Crippen LogP) is 4.90. The van der Waals surface area contributed by atoms with Crippen LogP contribution in [-0.2, 0) is 5.54 Å². The van der Waals surface area contributed by atoms with Gasteiger partial charge in [-0.2, -0.15) is 0 Å². The van der Waals surface area contributed by atoms with E-state index >= 15 is 0 Å². The Morgan fingerprint density at radius 1 is 1.17 bits per heavy atom. The molecule has 2 aromatic carbocycles. The zero-order valence-corrected chi connectivity index (χ0v) is 13.7. The van der Waals surface area contributed by atoms with Crippen LogP contribution in [0.2, 0.25) is 5.02 Å². The van der Waals surface area contributed by atoms with Crippen LogP contribution in [0.3, 0.4) is 0 Å². The van der Waals surface area contributed by atoms with Crippen LogP contribution in [-0.4, -0.2) is 16.7 Å². The second-order valence-corrected chi connectivity index (χ2v) is 6.83. The molecule has 0 bridgehead atoms. The third-order valence-corrected chi connectivity index (χ3v) is 4.99. The normalized spacial score (nSPS) is 19.3. The first-order valence-electron chi connectivity index (χ1n) is 7.92. The van der Waals surface area contributed by atoms with Crippen molar-refractivity contribution in [1.29, 1.82) is 0 Å². The molecule has 1 atom stereocenters. The summed E-state index contributed by atoms with van der Waals surface area (Å²) in [6.07, 6.45) is 1.62. The number of nitrogens with one attached hydrogen (secondary N) is 2. The minimum Gasteiger partial charge on any atom is -0.396 e. The maximum atomic E-state index is 9.30. The quantitative estimate of drug-likeness (QED) is 0.641. The number of benzene rings is 2. The van der Waals surface area contributed by atoms with E-state index in [0.29, 0.717) is 0 Å². The lowest BCUT2D eigenvalue weighted by molar-refractivity contribution is 0.270. The highest BCUT2D eigenvalue weighted by atomic mass is 35.5. The molecule has 0 aliphatic carbocycles. The molecule has 0 spiro atoms. The van der Waals surface area contributed by atoms with Gasteiger partial charge in [-0.1, -0.05) is 29.8 Å². The summed E-state index contributed by atoms with van der Waals surface area (Å²) in [5.74, 6) is 0. The van der Waals surface area contributed by atoms with Gasteiger partial charge in [0.15, 0.2) is 0 Å². The van der Waals surface area contributed by atoms with Gasteiger partial charge in [-0.05, 0) is 44.0 Å². The number of para-hydroxylation sites is 1. The van der Waals surface area contributed by atoms with Gasteiger partial charge in [-0.3, -0.25) is 0 Å². The van der Waals surface area contributed by atoms with Crippen molar-refractivity contribution in [2.24, 2.45) is 0 Å². The van der Waals surface area contributed by atoms with Crippen LogP contribution in [0.4, 0.5) is 5.69 Å². The largest absolute Gasteiger partial charge is 0.396 e. The number of aromatic nitrogens is 1. The fraction of sp³-hybridized carbons (Fsp3) is 0.263. The molecule has 1 aromatic heterocycles. The van der Waals surface area contributed by atoms with Gasteiger partial charge in [0.05, 0.1) is 11.2 Å². The van der Waals surface area contributed by atoms with Crippen LogP contribution in [0.5, 0.6) is 0 Å². The summed E-state index contributed by atoms with van der Waals surface area (Å²) in [6, 6.07) is 14.3. The summed E-state index contributed by atoms with van der Waals surface area (Å²) in [5.41, 5.74) is 5.47. The smallest absolute Gasteiger partial charge is 0.0625 e. The van der Waals surface area contributed by atoms with Crippen LogP contribution < -0.4 is 5.32 Å². The van der Waals surface area contributed by atoms with Gasteiger partial charge in [-0.25, -0.2) is 0 Å². The van der Waals surface area contributed by atoms with E-state index in [-0.39, 0.29) is 12.1 Å². The molecular weight excluding hydrogens is 308 g/mol. The summed E-state index contributed by atoms with van der Waals surface area (Å²) < 4.78 is 0. The molecule has 3 N–H and O–H groups in total. The number of aliphatic hydroxyl groups excluding tert-OH is 1. The SMILES string of the molecule is CC1(CCCO)Nc2ccc(Cl)cc2-c2[nH]c3ccccc3c21. The highest BCUT2D eigenvalue weighted by Crippen LogP contribution is 2.48. The Morgan fingerprint density at radius 3 is 2.83 bits per heavy atom. The first-order chi connectivity index (χ1) is 11.1. The van der Waals surface area contributed by atoms with Crippen molar-refractivity contribution in [3.8, 4) is 11.3 Å². The molecule has 3 aromatic rings. The third kappa shape index (κ3) is 2.23. The average Bonchev–Trinajstić information content (AvgIpc) is 2.95. The van der Waals surface area contributed by atoms with Gasteiger partial charge < -0.3 is 15.4 Å². The summed E-state index contributed by atoms with van der Waals surface area (Å²) in [7, 11) is 0. The summed E-state index contributed by atoms with van der Waals surface area (Å²) in [4.78, 5) is 3.57. The van der Waals surface area contributed by atoms with E-state index in [1.165, 1.54) is 10.9 Å². The number of fused-ring (bicyclic) bond motifs is 5. The van der Waals surface area contributed by atoms with Crippen molar-refractivity contribution in [3.05, 3.63) is 53.1 Å². The molecule has 3 nitrogen and oxygen atoms in total. The van der Waals surface area contributed by atoms with Crippen molar-refractivity contribution in [2.75, 3.05) is 11.9 Å². The van der Waals surface area contributed by atoms with E-state index in [0.717, 1.165) is 40.3 Å². The van der Waals surface area contributed by atoms with E-state index in [9.17, 15) is 5.11 Å². The minimum absolute atomic E-state index is 0.197. The van der Waals surface area contributed by atoms with E-state index in [1.54, 1.807) is 0 Å². The number of halogens is 1. The number of anilines is 1. The summed E-state index contributed by atoms with van der Waals surface area (Å²) in [6.45, 7) is 2.40. The Balaban J connectivity index is 2.01. The summed E-state index contributed by atoms with van der Waals surface area (Å²) >= 11 is 6.22. The van der Waals surface area contributed by atoms with Gasteiger partial charge in [0.1, 0.15) is 0 Å². The molecule has 118 valence electrons. The standard InChI is InChI=1S/C19H19ClN2O/c1-19(9-4-10-23)17-13-5-2-3-6-15(13)21-18(17)14-11-12(20)7-8-16(14)22-19/h2-3,5-8,11,21-23H,4,9-10H2,1H3. The Hall–Kier alpha value is -1.97. The Labute approximate surface area is 140 Å². The average molecular weight is 327 g/mol. The molecule has 0 saturated carbocycles. The van der Waals surface area contributed by atoms with E-state index in [4.69, 9.17) is 11.6 Å². The first kappa shape index (κ1) is 14.6. The molecule has 1 unspecified atom stereocenters. The number of hydrogen-bond donors (Lipinski definition) is 3. The Bertz CT molecular complexity index is 886. The lowest BCUT2D eigenvalue weighted by Crippen LogP contribution is -2.35. The van der Waals surface area contributed by atoms with E-state index in [2.05, 4.69) is 35.4 Å². The molecule has 1 aliphatic rings. The fourth-order valence-corrected chi connectivity index (χ4v) is 3.90. The minimum atomic E-state index is -0.224. The van der Waals surface area contributed by atoms with Gasteiger partial charge in [0.25, 0.3) is 0 Å². The predicted molar refractivity (Wildman–Crippen MR) is 96.0 cm³/mol. The highest BCUT2D eigenvalue weighted by molar-refractivity contribution is 6.31. The second-order valence-electron chi connectivity index (χ2n) is 6.39. The van der Waals surface area contributed by atoms with Gasteiger partial charge in [-0.15, -0.1) is 0 Å². The summed E-state index contributed by atoms with van der Waals surface area (Å²) in [5, 5.41) is 14.9. The molecule has 0 radical (unpaired) electrons. The molecule has 0 fully saturated rings. The van der Waals surface area contributed by atoms with E-state index in [1.807, 2.05) is 24.3 Å². The molecule has 2 heterocycles. The molecule has 0 saturated heterocycles. The third-order valence-electron chi connectivity index (χ3n) is 4.75. The van der Waals surface area contributed by atoms with Crippen molar-refractivity contribution in [1.82, 2.24) is 4.98 Å². The molecule has 1 aliphatic heterocycles. The van der Waals surface area contributed by atoms with Crippen LogP contribution in [0.1, 0.15) is 25.3 Å². The highest BCUT2D eigenvalue weighted by Gasteiger charge is 2.37. The van der Waals surface area contributed by atoms with Gasteiger partial charge in [0, 0.05) is 39.3 Å². The van der Waals surface area contributed by atoms with Crippen molar-refractivity contribution in [2.45, 2.75) is 25.3 Å². The number of rotatable bonds is 3.